The third-order valence-electron chi connectivity index (χ3n) is 8.47. The highest BCUT2D eigenvalue weighted by molar-refractivity contribution is 8.05. The Hall–Kier alpha value is -0.875. The van der Waals surface area contributed by atoms with Gasteiger partial charge in [-0.3, -0.25) is 12.1 Å². The van der Waals surface area contributed by atoms with Gasteiger partial charge in [0.15, 0.2) is 0 Å². The Morgan fingerprint density at radius 3 is 1.69 bits per heavy atom. The number of hydrogen-bond donors (Lipinski definition) is 0. The average molecular weight is 508 g/mol. The summed E-state index contributed by atoms with van der Waals surface area (Å²) in [5.41, 5.74) is 1.13. The third-order valence-corrected chi connectivity index (χ3v) is 16.9. The van der Waals surface area contributed by atoms with Gasteiger partial charge >= 0.3 is 0 Å². The van der Waals surface area contributed by atoms with Gasteiger partial charge in [-0.2, -0.15) is 0 Å². The van der Waals surface area contributed by atoms with Gasteiger partial charge in [-0.1, -0.05) is 43.2 Å². The van der Waals surface area contributed by atoms with Gasteiger partial charge in [0.2, 0.25) is 7.29 Å². The highest BCUT2D eigenvalue weighted by atomic mass is 31.2. The second-order valence-electron chi connectivity index (χ2n) is 11.4. The highest BCUT2D eigenvalue weighted by Gasteiger charge is 2.46. The molecule has 2 aliphatic carbocycles. The second-order valence-corrected chi connectivity index (χ2v) is 17.6. The molecule has 0 aliphatic heterocycles. The molecule has 2 aromatic carbocycles. The summed E-state index contributed by atoms with van der Waals surface area (Å²) in [4.78, 5) is 0. The Morgan fingerprint density at radius 2 is 1.20 bits per heavy atom. The maximum Gasteiger partial charge on any atom is 0.211 e. The molecule has 1 atom stereocenters. The largest absolute Gasteiger partial charge is 0.298 e. The van der Waals surface area contributed by atoms with Crippen molar-refractivity contribution in [2.75, 3.05) is 0 Å². The van der Waals surface area contributed by atoms with Crippen molar-refractivity contribution in [1.29, 1.82) is 0 Å². The lowest BCUT2D eigenvalue weighted by atomic mass is 9.99. The molecule has 0 unspecified atom stereocenters. The fourth-order valence-electron chi connectivity index (χ4n) is 7.03. The van der Waals surface area contributed by atoms with Crippen molar-refractivity contribution in [3.63, 3.8) is 0 Å². The number of rotatable bonds is 8. The number of benzene rings is 2. The minimum absolute atomic E-state index is 0.156. The summed E-state index contributed by atoms with van der Waals surface area (Å²) in [5, 5.41) is 3.24. The van der Waals surface area contributed by atoms with Crippen molar-refractivity contribution in [2.24, 2.45) is 0 Å². The molecule has 4 rings (SSSR count). The van der Waals surface area contributed by atoms with Crippen LogP contribution in [0.2, 0.25) is 0 Å². The van der Waals surface area contributed by atoms with Crippen LogP contribution >= 0.6 is 14.4 Å². The molecule has 2 aliphatic rings. The van der Waals surface area contributed by atoms with Crippen molar-refractivity contribution < 1.29 is 4.57 Å². The van der Waals surface area contributed by atoms with E-state index in [9.17, 15) is 0 Å². The van der Waals surface area contributed by atoms with Gasteiger partial charge in [0.1, 0.15) is 0 Å². The number of hydrogen-bond acceptors (Lipinski definition) is 1. The van der Waals surface area contributed by atoms with Crippen LogP contribution in [0.1, 0.15) is 91.9 Å². The molecule has 2 saturated carbocycles. The molecule has 0 bridgehead atoms. The smallest absolute Gasteiger partial charge is 0.211 e. The van der Waals surface area contributed by atoms with Crippen LogP contribution < -0.4 is 15.9 Å². The van der Waals surface area contributed by atoms with E-state index in [1.54, 1.807) is 0 Å². The van der Waals surface area contributed by atoms with E-state index in [2.05, 4.69) is 68.8 Å². The molecule has 189 valence electrons. The fraction of sp³-hybridized carbons (Fsp3) is 0.600. The Bertz CT molecular complexity index is 970. The van der Waals surface area contributed by atoms with Gasteiger partial charge in [-0.15, -0.1) is 0 Å². The lowest BCUT2D eigenvalue weighted by Gasteiger charge is -2.53. The van der Waals surface area contributed by atoms with Crippen molar-refractivity contribution in [1.82, 2.24) is 4.67 Å². The standard InChI is InChI=1S/C30H45BNOP2/c1-24(2)32(25(3)4)35(33,28-20-12-7-13-21-28)30-23-15-14-22-29(30)34(31,26-16-8-5-9-17-26)27-18-10-6-11-19-27/h7,12-15,20-27H,5-6,8-11,16-19H2,1-4H3/t35-/m1/s1. The van der Waals surface area contributed by atoms with Crippen LogP contribution in [-0.2, 0) is 4.57 Å². The number of nitrogens with zero attached hydrogens (tertiary/aromatic N) is 1. The zero-order valence-corrected chi connectivity index (χ0v) is 24.2. The van der Waals surface area contributed by atoms with E-state index < -0.39 is 14.4 Å². The summed E-state index contributed by atoms with van der Waals surface area (Å²) in [6.07, 6.45) is 12.8. The van der Waals surface area contributed by atoms with Crippen LogP contribution in [0.25, 0.3) is 0 Å². The van der Waals surface area contributed by atoms with E-state index in [0.717, 1.165) is 10.6 Å². The van der Waals surface area contributed by atoms with E-state index in [-0.39, 0.29) is 12.1 Å². The molecule has 2 fully saturated rings. The van der Waals surface area contributed by atoms with Crippen LogP contribution in [0.3, 0.4) is 0 Å². The van der Waals surface area contributed by atoms with Gasteiger partial charge in [0, 0.05) is 28.7 Å². The first-order chi connectivity index (χ1) is 16.8. The Balaban J connectivity index is 1.97. The van der Waals surface area contributed by atoms with Crippen LogP contribution in [0.15, 0.2) is 54.6 Å². The topological polar surface area (TPSA) is 20.3 Å². The van der Waals surface area contributed by atoms with E-state index in [1.807, 2.05) is 18.2 Å². The minimum Gasteiger partial charge on any atom is -0.298 e. The Morgan fingerprint density at radius 1 is 0.743 bits per heavy atom. The van der Waals surface area contributed by atoms with Crippen LogP contribution in [0.5, 0.6) is 0 Å². The molecule has 0 heterocycles. The molecule has 2 nitrogen and oxygen atoms in total. The summed E-state index contributed by atoms with van der Waals surface area (Å²) in [7, 11) is 2.74. The summed E-state index contributed by atoms with van der Waals surface area (Å²) in [6.45, 7) is 8.74. The lowest BCUT2D eigenvalue weighted by molar-refractivity contribution is 0.307. The molecule has 0 N–H and O–H groups in total. The van der Waals surface area contributed by atoms with Gasteiger partial charge in [0.25, 0.3) is 0 Å². The van der Waals surface area contributed by atoms with Crippen LogP contribution in [0.4, 0.5) is 0 Å². The Labute approximate surface area is 216 Å². The molecule has 0 aromatic heterocycles. The first kappa shape index (κ1) is 27.2. The molecule has 0 amide bonds. The predicted octanol–water partition coefficient (Wildman–Crippen LogP) is 7.43. The van der Waals surface area contributed by atoms with Gasteiger partial charge in [0.05, 0.1) is 10.6 Å². The maximum atomic E-state index is 15.7. The summed E-state index contributed by atoms with van der Waals surface area (Å²) < 4.78 is 18.0. The third kappa shape index (κ3) is 5.26. The van der Waals surface area contributed by atoms with Gasteiger partial charge in [-0.25, -0.2) is 11.8 Å². The van der Waals surface area contributed by atoms with Crippen molar-refractivity contribution in [3.05, 3.63) is 54.6 Å². The quantitative estimate of drug-likeness (QED) is 0.273. The second kappa shape index (κ2) is 11.7. The van der Waals surface area contributed by atoms with E-state index in [1.165, 1.54) is 69.5 Å². The van der Waals surface area contributed by atoms with Crippen LogP contribution in [0, 0.1) is 0 Å². The molecule has 5 heteroatoms. The van der Waals surface area contributed by atoms with E-state index in [0.29, 0.717) is 11.3 Å². The molecule has 3 radical (unpaired) electrons. The molecular weight excluding hydrogens is 463 g/mol. The first-order valence-electron chi connectivity index (χ1n) is 14.0. The predicted molar refractivity (Wildman–Crippen MR) is 158 cm³/mol. The summed E-state index contributed by atoms with van der Waals surface area (Å²) in [5.74, 6) is 0. The monoisotopic (exact) mass is 508 g/mol. The molecule has 2 aromatic rings. The first-order valence-corrected chi connectivity index (χ1v) is 17.7. The molecule has 0 saturated heterocycles. The molecular formula is C30H45BNOP2. The lowest BCUT2D eigenvalue weighted by Crippen LogP contribution is -2.47. The van der Waals surface area contributed by atoms with Gasteiger partial charge < -0.3 is 0 Å². The normalized spacial score (nSPS) is 20.5. The van der Waals surface area contributed by atoms with Gasteiger partial charge in [-0.05, 0) is 103 Å². The van der Waals surface area contributed by atoms with Crippen molar-refractivity contribution >= 4 is 37.9 Å². The Kier molecular flexibility index (Phi) is 9.06. The summed E-state index contributed by atoms with van der Waals surface area (Å²) >= 11 is 0. The summed E-state index contributed by atoms with van der Waals surface area (Å²) in [6, 6.07) is 19.3. The molecule has 0 spiro atoms. The fourth-order valence-corrected chi connectivity index (χ4v) is 15.9. The van der Waals surface area contributed by atoms with Crippen molar-refractivity contribution in [2.45, 2.75) is 115 Å². The highest BCUT2D eigenvalue weighted by Crippen LogP contribution is 2.68. The zero-order chi connectivity index (χ0) is 25.1. The van der Waals surface area contributed by atoms with Crippen molar-refractivity contribution in [3.8, 4) is 0 Å². The van der Waals surface area contributed by atoms with E-state index in [4.69, 9.17) is 7.57 Å². The van der Waals surface area contributed by atoms with Crippen LogP contribution in [-0.4, -0.2) is 35.6 Å². The van der Waals surface area contributed by atoms with E-state index >= 15 is 4.57 Å². The zero-order valence-electron chi connectivity index (χ0n) is 22.4. The molecule has 35 heavy (non-hydrogen) atoms. The SMILES string of the molecule is [B-][P+](c1ccccc1[P@](=O)(c1ccccc1)N(C(C)C)C(C)C)(C1CCCCC1)C1CCCCC1. The minimum atomic E-state index is -3.10. The average Bonchev–Trinajstić information content (AvgIpc) is 2.89. The maximum absolute atomic E-state index is 15.7.